The highest BCUT2D eigenvalue weighted by Gasteiger charge is 2.32. The van der Waals surface area contributed by atoms with E-state index in [4.69, 9.17) is 19.4 Å². The van der Waals surface area contributed by atoms with Crippen LogP contribution in [0.4, 0.5) is 11.9 Å². The first-order valence-corrected chi connectivity index (χ1v) is 20.0. The van der Waals surface area contributed by atoms with Crippen molar-refractivity contribution in [1.82, 2.24) is 39.0 Å². The van der Waals surface area contributed by atoms with Crippen molar-refractivity contribution >= 4 is 33.7 Å². The van der Waals surface area contributed by atoms with Crippen LogP contribution in [0.3, 0.4) is 0 Å². The molecule has 298 valence electrons. The Hall–Kier alpha value is -5.70. The van der Waals surface area contributed by atoms with Crippen LogP contribution in [0.25, 0.3) is 21.8 Å². The molecule has 15 heteroatoms. The van der Waals surface area contributed by atoms with E-state index in [9.17, 15) is 14.7 Å². The molecule has 2 aromatic carbocycles. The van der Waals surface area contributed by atoms with Gasteiger partial charge in [-0.25, -0.2) is 19.9 Å². The second-order valence-corrected chi connectivity index (χ2v) is 16.6. The van der Waals surface area contributed by atoms with E-state index in [0.29, 0.717) is 83.5 Å². The van der Waals surface area contributed by atoms with Crippen LogP contribution in [0.1, 0.15) is 105 Å². The van der Waals surface area contributed by atoms with Gasteiger partial charge in [0.2, 0.25) is 11.9 Å². The van der Waals surface area contributed by atoms with Gasteiger partial charge in [-0.1, -0.05) is 13.8 Å². The summed E-state index contributed by atoms with van der Waals surface area (Å²) in [6, 6.07) is 7.66. The molecule has 0 spiro atoms. The number of aromatic amines is 2. The van der Waals surface area contributed by atoms with Gasteiger partial charge in [-0.15, -0.1) is 0 Å². The highest BCUT2D eigenvalue weighted by atomic mass is 16.5. The molecule has 0 atom stereocenters. The van der Waals surface area contributed by atoms with Gasteiger partial charge >= 0.3 is 0 Å². The lowest BCUT2D eigenvalue weighted by atomic mass is 10.0. The SMILES string of the molecule is COc1cc(C2CC2)c2c(=O)[nH]c(N3CCn4c(cnc4C(C)(C)O)C3)nc2c1.COc1cc(C2CC2)c2c(=O)[nH]c(N3CCn4c(cnc4C(C)C)C3)nc2c1. The van der Waals surface area contributed by atoms with Crippen LogP contribution in [0.5, 0.6) is 11.5 Å². The molecule has 6 aromatic rings. The summed E-state index contributed by atoms with van der Waals surface area (Å²) in [7, 11) is 3.29. The minimum absolute atomic E-state index is 0.0634. The van der Waals surface area contributed by atoms with E-state index in [1.165, 1.54) is 0 Å². The fourth-order valence-corrected chi connectivity index (χ4v) is 8.39. The first-order chi connectivity index (χ1) is 27.4. The Morgan fingerprint density at radius 1 is 0.719 bits per heavy atom. The first kappa shape index (κ1) is 36.9. The average Bonchev–Trinajstić information content (AvgIpc) is 4.13. The summed E-state index contributed by atoms with van der Waals surface area (Å²) in [5.74, 6) is 5.70. The Bertz CT molecular complexity index is 2620. The predicted octanol–water partition coefficient (Wildman–Crippen LogP) is 5.40. The summed E-state index contributed by atoms with van der Waals surface area (Å²) >= 11 is 0. The quantitative estimate of drug-likeness (QED) is 0.181. The molecule has 6 heterocycles. The van der Waals surface area contributed by atoms with Crippen molar-refractivity contribution in [3.05, 3.63) is 91.5 Å². The molecule has 2 aliphatic carbocycles. The third kappa shape index (κ3) is 6.91. The molecule has 3 N–H and O–H groups in total. The number of aliphatic hydroxyl groups is 1. The third-order valence-electron chi connectivity index (χ3n) is 11.6. The summed E-state index contributed by atoms with van der Waals surface area (Å²) in [5, 5.41) is 11.7. The van der Waals surface area contributed by atoms with E-state index >= 15 is 0 Å². The number of rotatable bonds is 8. The van der Waals surface area contributed by atoms with Crippen molar-refractivity contribution in [3.63, 3.8) is 0 Å². The van der Waals surface area contributed by atoms with Crippen molar-refractivity contribution in [2.75, 3.05) is 37.1 Å². The Labute approximate surface area is 329 Å². The molecule has 2 aliphatic heterocycles. The van der Waals surface area contributed by atoms with Gasteiger partial charge in [0, 0.05) is 44.2 Å². The Kier molecular flexibility index (Phi) is 9.09. The van der Waals surface area contributed by atoms with Crippen molar-refractivity contribution in [2.24, 2.45) is 0 Å². The molecular weight excluding hydrogens is 725 g/mol. The average molecular weight is 775 g/mol. The van der Waals surface area contributed by atoms with E-state index in [0.717, 1.165) is 78.6 Å². The van der Waals surface area contributed by atoms with Gasteiger partial charge in [-0.2, -0.15) is 0 Å². The van der Waals surface area contributed by atoms with E-state index in [1.807, 2.05) is 39.9 Å². The lowest BCUT2D eigenvalue weighted by molar-refractivity contribution is 0.0642. The molecule has 57 heavy (non-hydrogen) atoms. The monoisotopic (exact) mass is 774 g/mol. The number of hydrogen-bond donors (Lipinski definition) is 3. The summed E-state index contributed by atoms with van der Waals surface area (Å²) in [4.78, 5) is 54.7. The zero-order valence-electron chi connectivity index (χ0n) is 33.4. The fourth-order valence-electron chi connectivity index (χ4n) is 8.39. The molecule has 4 aromatic heterocycles. The number of benzene rings is 2. The zero-order valence-corrected chi connectivity index (χ0v) is 33.4. The van der Waals surface area contributed by atoms with Gasteiger partial charge < -0.3 is 33.5 Å². The van der Waals surface area contributed by atoms with Gasteiger partial charge in [0.05, 0.1) is 72.9 Å². The molecule has 0 saturated heterocycles. The summed E-state index contributed by atoms with van der Waals surface area (Å²) < 4.78 is 15.2. The first-order valence-electron chi connectivity index (χ1n) is 20.0. The number of H-pyrrole nitrogens is 2. The number of fused-ring (bicyclic) bond motifs is 4. The third-order valence-corrected chi connectivity index (χ3v) is 11.6. The van der Waals surface area contributed by atoms with Gasteiger partial charge in [0.15, 0.2) is 0 Å². The number of nitrogens with one attached hydrogen (secondary N) is 2. The molecule has 0 amide bonds. The van der Waals surface area contributed by atoms with E-state index in [-0.39, 0.29) is 11.1 Å². The van der Waals surface area contributed by atoms with Crippen LogP contribution >= 0.6 is 0 Å². The van der Waals surface area contributed by atoms with Crippen LogP contribution in [-0.4, -0.2) is 71.5 Å². The smallest absolute Gasteiger partial charge is 0.260 e. The minimum Gasteiger partial charge on any atom is -0.497 e. The standard InChI is InChI=1S/C21H25N5O3.C21H25N5O2/c1-21(2,28)19-22-10-13-11-25(6-7-26(13)19)20-23-16-9-14(29-3)8-15(12-4-5-12)17(16)18(27)24-20;1-12(2)19-22-10-14-11-25(6-7-26(14)19)21-23-17-9-15(28-3)8-16(13-4-5-13)18(17)20(27)24-21/h8-10,12,28H,4-7,11H2,1-3H3,(H,23,24,27);8-10,12-13H,4-7,11H2,1-3H3,(H,23,24,27). The Morgan fingerprint density at radius 2 is 1.19 bits per heavy atom. The Balaban J connectivity index is 0.000000148. The molecule has 2 fully saturated rings. The number of aromatic nitrogens is 8. The Morgan fingerprint density at radius 3 is 1.65 bits per heavy atom. The molecular formula is C42H50N10O5. The second kappa shape index (κ2) is 14.0. The normalized spacial score (nSPS) is 16.8. The molecule has 0 radical (unpaired) electrons. The number of methoxy groups -OCH3 is 2. The maximum atomic E-state index is 13.0. The van der Waals surface area contributed by atoms with Gasteiger partial charge in [0.25, 0.3) is 11.1 Å². The summed E-state index contributed by atoms with van der Waals surface area (Å²) in [6.45, 7) is 12.0. The number of imidazole rings is 2. The minimum atomic E-state index is -0.994. The predicted molar refractivity (Wildman–Crippen MR) is 218 cm³/mol. The summed E-state index contributed by atoms with van der Waals surface area (Å²) in [6.07, 6.45) is 8.17. The maximum absolute atomic E-state index is 13.0. The highest BCUT2D eigenvalue weighted by Crippen LogP contribution is 2.45. The molecule has 15 nitrogen and oxygen atoms in total. The fraction of sp³-hybridized carbons (Fsp3) is 0.476. The number of anilines is 2. The highest BCUT2D eigenvalue weighted by molar-refractivity contribution is 5.86. The van der Waals surface area contributed by atoms with E-state index in [1.54, 1.807) is 34.3 Å². The van der Waals surface area contributed by atoms with Crippen molar-refractivity contribution < 1.29 is 14.6 Å². The van der Waals surface area contributed by atoms with Gasteiger partial charge in [-0.05, 0) is 74.6 Å². The van der Waals surface area contributed by atoms with Crippen LogP contribution in [0, 0.1) is 0 Å². The van der Waals surface area contributed by atoms with Gasteiger partial charge in [0.1, 0.15) is 28.7 Å². The van der Waals surface area contributed by atoms with Crippen LogP contribution < -0.4 is 30.4 Å². The maximum Gasteiger partial charge on any atom is 0.260 e. The van der Waals surface area contributed by atoms with E-state index < -0.39 is 5.60 Å². The van der Waals surface area contributed by atoms with Gasteiger partial charge in [-0.3, -0.25) is 19.6 Å². The number of hydrogen-bond acceptors (Lipinski definition) is 11. The lowest BCUT2D eigenvalue weighted by Crippen LogP contribution is -2.37. The number of ether oxygens (including phenoxy) is 2. The van der Waals surface area contributed by atoms with E-state index in [2.05, 4.69) is 43.3 Å². The molecule has 0 bridgehead atoms. The van der Waals surface area contributed by atoms with Crippen LogP contribution in [0.15, 0.2) is 46.2 Å². The molecule has 2 saturated carbocycles. The van der Waals surface area contributed by atoms with Crippen molar-refractivity contribution in [2.45, 2.75) is 103 Å². The number of nitrogens with zero attached hydrogens (tertiary/aromatic N) is 8. The molecule has 4 aliphatic rings. The molecule has 0 unspecified atom stereocenters. The van der Waals surface area contributed by atoms with Crippen molar-refractivity contribution in [1.29, 1.82) is 0 Å². The molecule has 10 rings (SSSR count). The van der Waals surface area contributed by atoms with Crippen LogP contribution in [-0.2, 0) is 31.8 Å². The van der Waals surface area contributed by atoms with Crippen LogP contribution in [0.2, 0.25) is 0 Å². The van der Waals surface area contributed by atoms with Crippen molar-refractivity contribution in [3.8, 4) is 11.5 Å². The summed E-state index contributed by atoms with van der Waals surface area (Å²) in [5.41, 5.74) is 4.45. The largest absolute Gasteiger partial charge is 0.497 e. The zero-order chi connectivity index (χ0) is 39.7. The second-order valence-electron chi connectivity index (χ2n) is 16.6. The lowest BCUT2D eigenvalue weighted by Gasteiger charge is -2.31. The topological polar surface area (TPSA) is 172 Å².